The SMILES string of the molecule is CC(C)(C)CC1CC(S(=O)(=O)C2CCC2)CCO1. The number of hydrogen-bond donors (Lipinski definition) is 0. The molecule has 18 heavy (non-hydrogen) atoms. The minimum Gasteiger partial charge on any atom is -0.378 e. The van der Waals surface area contributed by atoms with Gasteiger partial charge in [-0.05, 0) is 37.5 Å². The molecule has 0 radical (unpaired) electrons. The van der Waals surface area contributed by atoms with E-state index in [9.17, 15) is 8.42 Å². The van der Waals surface area contributed by atoms with Crippen LogP contribution in [0.5, 0.6) is 0 Å². The van der Waals surface area contributed by atoms with Gasteiger partial charge in [0.05, 0.1) is 16.6 Å². The third-order valence-electron chi connectivity index (χ3n) is 4.14. The summed E-state index contributed by atoms with van der Waals surface area (Å²) >= 11 is 0. The van der Waals surface area contributed by atoms with Crippen molar-refractivity contribution in [3.63, 3.8) is 0 Å². The van der Waals surface area contributed by atoms with E-state index >= 15 is 0 Å². The number of rotatable bonds is 3. The molecule has 3 nitrogen and oxygen atoms in total. The molecule has 1 aliphatic carbocycles. The number of sulfone groups is 1. The van der Waals surface area contributed by atoms with E-state index in [-0.39, 0.29) is 22.0 Å². The molecule has 2 aliphatic rings. The molecule has 4 heteroatoms. The Kier molecular flexibility index (Phi) is 4.07. The second kappa shape index (κ2) is 5.12. The van der Waals surface area contributed by atoms with E-state index in [1.165, 1.54) is 0 Å². The van der Waals surface area contributed by atoms with E-state index in [1.54, 1.807) is 0 Å². The van der Waals surface area contributed by atoms with Crippen LogP contribution in [0.1, 0.15) is 59.3 Å². The van der Waals surface area contributed by atoms with Gasteiger partial charge in [0.25, 0.3) is 0 Å². The van der Waals surface area contributed by atoms with Gasteiger partial charge >= 0.3 is 0 Å². The van der Waals surface area contributed by atoms with Gasteiger partial charge in [0.2, 0.25) is 0 Å². The standard InChI is InChI=1S/C14H26O3S/c1-14(2,3)10-11-9-13(7-8-17-11)18(15,16)12-5-4-6-12/h11-13H,4-10H2,1-3H3. The molecule has 1 aliphatic heterocycles. The summed E-state index contributed by atoms with van der Waals surface area (Å²) < 4.78 is 30.6. The maximum Gasteiger partial charge on any atom is 0.156 e. The van der Waals surface area contributed by atoms with Gasteiger partial charge < -0.3 is 4.74 Å². The van der Waals surface area contributed by atoms with Crippen molar-refractivity contribution in [1.29, 1.82) is 0 Å². The van der Waals surface area contributed by atoms with Gasteiger partial charge in [-0.2, -0.15) is 0 Å². The van der Waals surface area contributed by atoms with Gasteiger partial charge in [0.1, 0.15) is 0 Å². The number of ether oxygens (including phenoxy) is 1. The zero-order valence-corrected chi connectivity index (χ0v) is 12.6. The first-order chi connectivity index (χ1) is 8.29. The quantitative estimate of drug-likeness (QED) is 0.794. The second-order valence-electron chi connectivity index (χ2n) is 7.05. The van der Waals surface area contributed by atoms with Gasteiger partial charge in [-0.15, -0.1) is 0 Å². The third-order valence-corrected chi connectivity index (χ3v) is 6.90. The summed E-state index contributed by atoms with van der Waals surface area (Å²) in [6.45, 7) is 7.15. The Bertz CT molecular complexity index is 376. The van der Waals surface area contributed by atoms with Crippen LogP contribution in [0.15, 0.2) is 0 Å². The van der Waals surface area contributed by atoms with Crippen LogP contribution < -0.4 is 0 Å². The monoisotopic (exact) mass is 274 g/mol. The summed E-state index contributed by atoms with van der Waals surface area (Å²) in [5.41, 5.74) is 0.201. The minimum atomic E-state index is -2.89. The zero-order chi connectivity index (χ0) is 13.4. The van der Waals surface area contributed by atoms with Gasteiger partial charge in [0.15, 0.2) is 9.84 Å². The Morgan fingerprint density at radius 2 is 1.78 bits per heavy atom. The normalized spacial score (nSPS) is 31.1. The summed E-state index contributed by atoms with van der Waals surface area (Å²) in [5.74, 6) is 0. The third kappa shape index (κ3) is 3.27. The van der Waals surface area contributed by atoms with Crippen LogP contribution in [0, 0.1) is 5.41 Å². The lowest BCUT2D eigenvalue weighted by molar-refractivity contribution is -0.00569. The van der Waals surface area contributed by atoms with Gasteiger partial charge in [0, 0.05) is 6.61 Å². The second-order valence-corrected chi connectivity index (χ2v) is 9.56. The molecule has 1 saturated carbocycles. The Hall–Kier alpha value is -0.0900. The minimum absolute atomic E-state index is 0.0455. The average molecular weight is 274 g/mol. The molecule has 0 bridgehead atoms. The maximum absolute atomic E-state index is 12.4. The molecule has 1 saturated heterocycles. The summed E-state index contributed by atoms with van der Waals surface area (Å²) in [7, 11) is -2.89. The first-order valence-electron chi connectivity index (χ1n) is 7.13. The first-order valence-corrected chi connectivity index (χ1v) is 8.74. The first kappa shape index (κ1) is 14.3. The molecule has 0 amide bonds. The molecule has 0 aromatic carbocycles. The van der Waals surface area contributed by atoms with Crippen molar-refractivity contribution in [2.75, 3.05) is 6.61 Å². The molecule has 0 aromatic heterocycles. The largest absolute Gasteiger partial charge is 0.378 e. The van der Waals surface area contributed by atoms with Gasteiger partial charge in [-0.25, -0.2) is 8.42 Å². The predicted molar refractivity (Wildman–Crippen MR) is 73.4 cm³/mol. The molecule has 1 heterocycles. The fourth-order valence-corrected chi connectivity index (χ4v) is 5.38. The van der Waals surface area contributed by atoms with Crippen molar-refractivity contribution in [2.24, 2.45) is 5.41 Å². The van der Waals surface area contributed by atoms with Crippen molar-refractivity contribution < 1.29 is 13.2 Å². The van der Waals surface area contributed by atoms with E-state index in [2.05, 4.69) is 20.8 Å². The highest BCUT2D eigenvalue weighted by Crippen LogP contribution is 2.35. The zero-order valence-electron chi connectivity index (χ0n) is 11.8. The summed E-state index contributed by atoms with van der Waals surface area (Å²) in [5, 5.41) is -0.195. The van der Waals surface area contributed by atoms with Crippen LogP contribution in [-0.2, 0) is 14.6 Å². The van der Waals surface area contributed by atoms with Crippen LogP contribution >= 0.6 is 0 Å². The Labute approximate surface area is 111 Å². The lowest BCUT2D eigenvalue weighted by Crippen LogP contribution is -2.42. The molecule has 0 aromatic rings. The molecular formula is C14H26O3S. The van der Waals surface area contributed by atoms with E-state index in [0.29, 0.717) is 19.4 Å². The molecule has 2 unspecified atom stereocenters. The van der Waals surface area contributed by atoms with Crippen LogP contribution in [0.25, 0.3) is 0 Å². The highest BCUT2D eigenvalue weighted by atomic mass is 32.2. The highest BCUT2D eigenvalue weighted by Gasteiger charge is 2.40. The summed E-state index contributed by atoms with van der Waals surface area (Å²) in [4.78, 5) is 0. The van der Waals surface area contributed by atoms with Crippen molar-refractivity contribution in [3.05, 3.63) is 0 Å². The van der Waals surface area contributed by atoms with E-state index in [4.69, 9.17) is 4.74 Å². The van der Waals surface area contributed by atoms with Gasteiger partial charge in [-0.3, -0.25) is 0 Å². The van der Waals surface area contributed by atoms with E-state index in [0.717, 1.165) is 25.7 Å². The molecular weight excluding hydrogens is 248 g/mol. The van der Waals surface area contributed by atoms with Crippen molar-refractivity contribution in [3.8, 4) is 0 Å². The topological polar surface area (TPSA) is 43.4 Å². The smallest absolute Gasteiger partial charge is 0.156 e. The van der Waals surface area contributed by atoms with E-state index in [1.807, 2.05) is 0 Å². The molecule has 0 spiro atoms. The summed E-state index contributed by atoms with van der Waals surface area (Å²) in [6.07, 6.45) is 5.31. The fraction of sp³-hybridized carbons (Fsp3) is 1.00. The van der Waals surface area contributed by atoms with Crippen LogP contribution in [0.2, 0.25) is 0 Å². The van der Waals surface area contributed by atoms with Crippen LogP contribution in [0.3, 0.4) is 0 Å². The maximum atomic E-state index is 12.4. The van der Waals surface area contributed by atoms with Crippen LogP contribution in [-0.4, -0.2) is 31.6 Å². The lowest BCUT2D eigenvalue weighted by atomic mass is 9.87. The predicted octanol–water partition coefficient (Wildman–Crippen LogP) is 2.94. The number of hydrogen-bond acceptors (Lipinski definition) is 3. The average Bonchev–Trinajstić information content (AvgIpc) is 2.11. The van der Waals surface area contributed by atoms with Crippen molar-refractivity contribution >= 4 is 9.84 Å². The molecule has 2 atom stereocenters. The van der Waals surface area contributed by atoms with E-state index < -0.39 is 9.84 Å². The van der Waals surface area contributed by atoms with Crippen molar-refractivity contribution in [1.82, 2.24) is 0 Å². The van der Waals surface area contributed by atoms with Gasteiger partial charge in [-0.1, -0.05) is 27.2 Å². The molecule has 2 fully saturated rings. The highest BCUT2D eigenvalue weighted by molar-refractivity contribution is 7.92. The Balaban J connectivity index is 1.98. The molecule has 0 N–H and O–H groups in total. The summed E-state index contributed by atoms with van der Waals surface area (Å²) in [6, 6.07) is 0. The van der Waals surface area contributed by atoms with Crippen molar-refractivity contribution in [2.45, 2.75) is 75.9 Å². The Morgan fingerprint density at radius 3 is 2.28 bits per heavy atom. The Morgan fingerprint density at radius 1 is 1.11 bits per heavy atom. The van der Waals surface area contributed by atoms with Crippen LogP contribution in [0.4, 0.5) is 0 Å². The molecule has 106 valence electrons. The lowest BCUT2D eigenvalue weighted by Gasteiger charge is -2.36. The molecule has 2 rings (SSSR count). The fourth-order valence-electron chi connectivity index (χ4n) is 2.94.